The molecule has 14 heavy (non-hydrogen) atoms. The van der Waals surface area contributed by atoms with Crippen molar-refractivity contribution in [2.75, 3.05) is 7.11 Å². The van der Waals surface area contributed by atoms with Crippen LogP contribution < -0.4 is 0 Å². The standard InChI is InChI=1S/C11H12O3/c1-14-11(13)9-6-5-8-7(9)3-2-4-10(8)12/h2-4,9,12H,5-6H2,1H3. The van der Waals surface area contributed by atoms with Crippen molar-refractivity contribution in [3.63, 3.8) is 0 Å². The molecule has 1 atom stereocenters. The summed E-state index contributed by atoms with van der Waals surface area (Å²) in [5.74, 6) is -0.120. The van der Waals surface area contributed by atoms with Gasteiger partial charge in [-0.1, -0.05) is 12.1 Å². The average molecular weight is 192 g/mol. The fourth-order valence-electron chi connectivity index (χ4n) is 2.02. The Morgan fingerprint density at radius 2 is 2.36 bits per heavy atom. The second-order valence-electron chi connectivity index (χ2n) is 3.46. The molecule has 1 aromatic carbocycles. The highest BCUT2D eigenvalue weighted by Gasteiger charge is 2.30. The Morgan fingerprint density at radius 1 is 1.57 bits per heavy atom. The fraction of sp³-hybridized carbons (Fsp3) is 0.364. The van der Waals surface area contributed by atoms with Gasteiger partial charge in [-0.15, -0.1) is 0 Å². The summed E-state index contributed by atoms with van der Waals surface area (Å²) in [5, 5.41) is 9.55. The van der Waals surface area contributed by atoms with Crippen LogP contribution in [0.2, 0.25) is 0 Å². The van der Waals surface area contributed by atoms with Crippen LogP contribution in [0.3, 0.4) is 0 Å². The molecule has 1 aliphatic rings. The zero-order valence-electron chi connectivity index (χ0n) is 7.99. The van der Waals surface area contributed by atoms with Gasteiger partial charge in [-0.05, 0) is 30.0 Å². The molecule has 74 valence electrons. The first-order valence-electron chi connectivity index (χ1n) is 4.62. The van der Waals surface area contributed by atoms with Crippen LogP contribution in [0.4, 0.5) is 0 Å². The summed E-state index contributed by atoms with van der Waals surface area (Å²) in [7, 11) is 1.39. The summed E-state index contributed by atoms with van der Waals surface area (Å²) in [6.07, 6.45) is 1.49. The molecule has 0 fully saturated rings. The zero-order chi connectivity index (χ0) is 10.1. The van der Waals surface area contributed by atoms with Gasteiger partial charge in [0, 0.05) is 0 Å². The minimum Gasteiger partial charge on any atom is -0.508 e. The van der Waals surface area contributed by atoms with Crippen molar-refractivity contribution in [3.8, 4) is 5.75 Å². The lowest BCUT2D eigenvalue weighted by atomic mass is 10.0. The van der Waals surface area contributed by atoms with Gasteiger partial charge < -0.3 is 9.84 Å². The van der Waals surface area contributed by atoms with Gasteiger partial charge >= 0.3 is 5.97 Å². The number of fused-ring (bicyclic) bond motifs is 1. The molecule has 0 spiro atoms. The van der Waals surface area contributed by atoms with Gasteiger partial charge in [-0.3, -0.25) is 4.79 Å². The molecule has 0 amide bonds. The van der Waals surface area contributed by atoms with E-state index in [-0.39, 0.29) is 17.6 Å². The molecule has 2 rings (SSSR count). The van der Waals surface area contributed by atoms with Crippen molar-refractivity contribution in [1.29, 1.82) is 0 Å². The summed E-state index contributed by atoms with van der Waals surface area (Å²) in [6, 6.07) is 5.29. The Morgan fingerprint density at radius 3 is 3.07 bits per heavy atom. The number of carbonyl (C=O) groups excluding carboxylic acids is 1. The molecule has 3 heteroatoms. The first-order chi connectivity index (χ1) is 6.74. The van der Waals surface area contributed by atoms with Gasteiger partial charge in [0.05, 0.1) is 13.0 Å². The number of benzene rings is 1. The number of ether oxygens (including phenoxy) is 1. The molecule has 0 aromatic heterocycles. The molecule has 0 radical (unpaired) electrons. The Balaban J connectivity index is 2.40. The SMILES string of the molecule is COC(=O)C1CCc2c(O)cccc21. The summed E-state index contributed by atoms with van der Waals surface area (Å²) in [6.45, 7) is 0. The predicted molar refractivity (Wildman–Crippen MR) is 51.2 cm³/mol. The monoisotopic (exact) mass is 192 g/mol. The van der Waals surface area contributed by atoms with E-state index in [1.165, 1.54) is 7.11 Å². The number of hydrogen-bond donors (Lipinski definition) is 1. The van der Waals surface area contributed by atoms with Crippen molar-refractivity contribution < 1.29 is 14.6 Å². The fourth-order valence-corrected chi connectivity index (χ4v) is 2.02. The number of aromatic hydroxyl groups is 1. The molecule has 0 heterocycles. The smallest absolute Gasteiger partial charge is 0.313 e. The molecule has 1 aromatic rings. The van der Waals surface area contributed by atoms with Gasteiger partial charge in [0.2, 0.25) is 0 Å². The largest absolute Gasteiger partial charge is 0.508 e. The molecule has 0 aliphatic heterocycles. The number of phenols is 1. The Bertz CT molecular complexity index is 371. The Kier molecular flexibility index (Phi) is 2.15. The lowest BCUT2D eigenvalue weighted by molar-refractivity contribution is -0.142. The van der Waals surface area contributed by atoms with Crippen molar-refractivity contribution in [1.82, 2.24) is 0 Å². The number of phenolic OH excluding ortho intramolecular Hbond substituents is 1. The maximum absolute atomic E-state index is 11.4. The van der Waals surface area contributed by atoms with Gasteiger partial charge in [0.25, 0.3) is 0 Å². The van der Waals surface area contributed by atoms with Crippen LogP contribution >= 0.6 is 0 Å². The van der Waals surface area contributed by atoms with Crippen molar-refractivity contribution in [2.45, 2.75) is 18.8 Å². The molecular formula is C11H12O3. The average Bonchev–Trinajstić information content (AvgIpc) is 2.62. The summed E-state index contributed by atoms with van der Waals surface area (Å²) < 4.78 is 4.71. The van der Waals surface area contributed by atoms with Crippen molar-refractivity contribution in [2.24, 2.45) is 0 Å². The predicted octanol–water partition coefficient (Wildman–Crippen LogP) is 1.59. The third-order valence-electron chi connectivity index (χ3n) is 2.73. The lowest BCUT2D eigenvalue weighted by Crippen LogP contribution is -2.11. The molecule has 0 bridgehead atoms. The van der Waals surface area contributed by atoms with E-state index >= 15 is 0 Å². The van der Waals surface area contributed by atoms with E-state index < -0.39 is 0 Å². The van der Waals surface area contributed by atoms with E-state index in [9.17, 15) is 9.90 Å². The first-order valence-corrected chi connectivity index (χ1v) is 4.62. The number of esters is 1. The van der Waals surface area contributed by atoms with Crippen molar-refractivity contribution in [3.05, 3.63) is 29.3 Å². The molecule has 0 saturated heterocycles. The Hall–Kier alpha value is -1.51. The summed E-state index contributed by atoms with van der Waals surface area (Å²) in [4.78, 5) is 11.4. The van der Waals surface area contributed by atoms with Crippen molar-refractivity contribution >= 4 is 5.97 Å². The number of methoxy groups -OCH3 is 1. The van der Waals surface area contributed by atoms with E-state index in [1.807, 2.05) is 6.07 Å². The zero-order valence-corrected chi connectivity index (χ0v) is 7.99. The molecule has 3 nitrogen and oxygen atoms in total. The van der Waals surface area contributed by atoms with Gasteiger partial charge in [0.1, 0.15) is 5.75 Å². The van der Waals surface area contributed by atoms with E-state index in [1.54, 1.807) is 12.1 Å². The third kappa shape index (κ3) is 1.25. The lowest BCUT2D eigenvalue weighted by Gasteiger charge is -2.08. The minimum atomic E-state index is -0.214. The van der Waals surface area contributed by atoms with Crippen LogP contribution in [0, 0.1) is 0 Å². The van der Waals surface area contributed by atoms with Crippen LogP contribution in [0.25, 0.3) is 0 Å². The van der Waals surface area contributed by atoms with E-state index in [0.717, 1.165) is 24.0 Å². The molecule has 1 unspecified atom stereocenters. The normalized spacial score (nSPS) is 19.1. The first kappa shape index (κ1) is 9.06. The highest BCUT2D eigenvalue weighted by molar-refractivity contribution is 5.80. The summed E-state index contributed by atoms with van der Waals surface area (Å²) in [5.41, 5.74) is 1.81. The maximum Gasteiger partial charge on any atom is 0.313 e. The highest BCUT2D eigenvalue weighted by atomic mass is 16.5. The van der Waals surface area contributed by atoms with E-state index in [0.29, 0.717) is 0 Å². The molecule has 1 aliphatic carbocycles. The minimum absolute atomic E-state index is 0.193. The van der Waals surface area contributed by atoms with Gasteiger partial charge in [0.15, 0.2) is 0 Å². The Labute approximate surface area is 82.3 Å². The summed E-state index contributed by atoms with van der Waals surface area (Å²) >= 11 is 0. The molecule has 0 saturated carbocycles. The quantitative estimate of drug-likeness (QED) is 0.687. The second kappa shape index (κ2) is 3.33. The third-order valence-corrected chi connectivity index (χ3v) is 2.73. The van der Waals surface area contributed by atoms with Crippen LogP contribution in [-0.4, -0.2) is 18.2 Å². The number of hydrogen-bond acceptors (Lipinski definition) is 3. The topological polar surface area (TPSA) is 46.5 Å². The van der Waals surface area contributed by atoms with Crippen LogP contribution in [0.5, 0.6) is 5.75 Å². The number of rotatable bonds is 1. The maximum atomic E-state index is 11.4. The number of carbonyl (C=O) groups is 1. The van der Waals surface area contributed by atoms with Crippen LogP contribution in [-0.2, 0) is 16.0 Å². The van der Waals surface area contributed by atoms with Gasteiger partial charge in [-0.2, -0.15) is 0 Å². The molecular weight excluding hydrogens is 180 g/mol. The van der Waals surface area contributed by atoms with E-state index in [2.05, 4.69) is 0 Å². The van der Waals surface area contributed by atoms with Gasteiger partial charge in [-0.25, -0.2) is 0 Å². The second-order valence-corrected chi connectivity index (χ2v) is 3.46. The molecule has 1 N–H and O–H groups in total. The van der Waals surface area contributed by atoms with Crippen LogP contribution in [0.1, 0.15) is 23.5 Å². The highest BCUT2D eigenvalue weighted by Crippen LogP contribution is 2.38. The van der Waals surface area contributed by atoms with E-state index in [4.69, 9.17) is 4.74 Å². The van der Waals surface area contributed by atoms with Crippen LogP contribution in [0.15, 0.2) is 18.2 Å².